The molecule has 2 amide bonds. The molecule has 1 heterocycles. The van der Waals surface area contributed by atoms with Crippen molar-refractivity contribution >= 4 is 22.6 Å². The van der Waals surface area contributed by atoms with Gasteiger partial charge in [0.2, 0.25) is 0 Å². The lowest BCUT2D eigenvalue weighted by molar-refractivity contribution is 0.189. The summed E-state index contributed by atoms with van der Waals surface area (Å²) in [5.74, 6) is 0.535. The zero-order valence-corrected chi connectivity index (χ0v) is 21.7. The van der Waals surface area contributed by atoms with E-state index in [2.05, 4.69) is 12.2 Å². The van der Waals surface area contributed by atoms with E-state index in [0.717, 1.165) is 35.3 Å². The van der Waals surface area contributed by atoms with Gasteiger partial charge in [0.1, 0.15) is 5.82 Å². The molecular weight excluding hydrogens is 448 g/mol. The molecule has 1 N–H and O–H groups in total. The third kappa shape index (κ3) is 4.89. The minimum atomic E-state index is -0.447. The largest absolute Gasteiger partial charge is 0.322 e. The lowest BCUT2D eigenvalue weighted by Gasteiger charge is -2.31. The molecule has 4 aromatic rings. The van der Waals surface area contributed by atoms with Crippen LogP contribution in [0.5, 0.6) is 0 Å². The maximum absolute atomic E-state index is 13.7. The SMILES string of the molecule is CCCN(C(=O)Nc1c(C)cccc1C)C(C)c1nc2ccccc2c(=O)n1-c1ccc(CC)cc1. The highest BCUT2D eigenvalue weighted by Gasteiger charge is 2.27. The lowest BCUT2D eigenvalue weighted by atomic mass is 10.1. The van der Waals surface area contributed by atoms with Gasteiger partial charge < -0.3 is 10.2 Å². The van der Waals surface area contributed by atoms with Gasteiger partial charge >= 0.3 is 6.03 Å². The van der Waals surface area contributed by atoms with E-state index in [-0.39, 0.29) is 11.6 Å². The summed E-state index contributed by atoms with van der Waals surface area (Å²) in [5.41, 5.74) is 5.23. The summed E-state index contributed by atoms with van der Waals surface area (Å²) >= 11 is 0. The number of nitrogens with one attached hydrogen (secondary N) is 1. The molecule has 0 fully saturated rings. The second-order valence-corrected chi connectivity index (χ2v) is 9.21. The molecule has 0 radical (unpaired) electrons. The quantitative estimate of drug-likeness (QED) is 0.324. The molecule has 6 nitrogen and oxygen atoms in total. The average molecular weight is 483 g/mol. The molecule has 1 atom stereocenters. The van der Waals surface area contributed by atoms with Crippen molar-refractivity contribution in [3.05, 3.63) is 99.6 Å². The zero-order valence-electron chi connectivity index (χ0n) is 21.7. The van der Waals surface area contributed by atoms with Crippen LogP contribution in [-0.4, -0.2) is 27.0 Å². The molecule has 0 aliphatic rings. The van der Waals surface area contributed by atoms with Crippen molar-refractivity contribution in [2.24, 2.45) is 0 Å². The molecule has 3 aromatic carbocycles. The Bertz CT molecular complexity index is 1420. The van der Waals surface area contributed by atoms with Gasteiger partial charge in [-0.15, -0.1) is 0 Å². The number of urea groups is 1. The van der Waals surface area contributed by atoms with Gasteiger partial charge in [0, 0.05) is 12.2 Å². The zero-order chi connectivity index (χ0) is 25.8. The summed E-state index contributed by atoms with van der Waals surface area (Å²) in [5, 5.41) is 3.66. The summed E-state index contributed by atoms with van der Waals surface area (Å²) in [6, 6.07) is 20.6. The molecule has 4 rings (SSSR count). The first-order valence-corrected chi connectivity index (χ1v) is 12.6. The van der Waals surface area contributed by atoms with Crippen LogP contribution in [0.25, 0.3) is 16.6 Å². The third-order valence-electron chi connectivity index (χ3n) is 6.68. The molecular formula is C30H34N4O2. The highest BCUT2D eigenvalue weighted by Crippen LogP contribution is 2.26. The maximum Gasteiger partial charge on any atom is 0.322 e. The van der Waals surface area contributed by atoms with Crippen LogP contribution >= 0.6 is 0 Å². The Morgan fingerprint density at radius 2 is 1.64 bits per heavy atom. The Morgan fingerprint density at radius 3 is 2.28 bits per heavy atom. The molecule has 1 unspecified atom stereocenters. The number of amides is 2. The number of carbonyl (C=O) groups excluding carboxylic acids is 1. The van der Waals surface area contributed by atoms with E-state index in [4.69, 9.17) is 4.98 Å². The Hall–Kier alpha value is -3.93. The van der Waals surface area contributed by atoms with E-state index < -0.39 is 6.04 Å². The van der Waals surface area contributed by atoms with Gasteiger partial charge in [0.15, 0.2) is 0 Å². The van der Waals surface area contributed by atoms with E-state index >= 15 is 0 Å². The molecule has 6 heteroatoms. The van der Waals surface area contributed by atoms with Crippen LogP contribution in [0, 0.1) is 13.8 Å². The van der Waals surface area contributed by atoms with Crippen LogP contribution in [0.2, 0.25) is 0 Å². The van der Waals surface area contributed by atoms with Gasteiger partial charge in [-0.2, -0.15) is 0 Å². The number of fused-ring (bicyclic) bond motifs is 1. The fraction of sp³-hybridized carbons (Fsp3) is 0.300. The molecule has 0 aliphatic heterocycles. The monoisotopic (exact) mass is 482 g/mol. The summed E-state index contributed by atoms with van der Waals surface area (Å²) < 4.78 is 1.65. The molecule has 36 heavy (non-hydrogen) atoms. The molecule has 0 saturated heterocycles. The van der Waals surface area contributed by atoms with Crippen molar-refractivity contribution in [1.29, 1.82) is 0 Å². The molecule has 0 saturated carbocycles. The fourth-order valence-electron chi connectivity index (χ4n) is 4.60. The number of aryl methyl sites for hydroxylation is 3. The molecule has 0 aliphatic carbocycles. The predicted molar refractivity (Wildman–Crippen MR) is 147 cm³/mol. The number of para-hydroxylation sites is 2. The Morgan fingerprint density at radius 1 is 0.972 bits per heavy atom. The van der Waals surface area contributed by atoms with E-state index in [1.54, 1.807) is 15.5 Å². The van der Waals surface area contributed by atoms with Crippen LogP contribution in [0.1, 0.15) is 55.7 Å². The molecule has 0 bridgehead atoms. The van der Waals surface area contributed by atoms with Crippen molar-refractivity contribution in [3.8, 4) is 5.69 Å². The third-order valence-corrected chi connectivity index (χ3v) is 6.68. The van der Waals surface area contributed by atoms with E-state index in [9.17, 15) is 9.59 Å². The summed E-state index contributed by atoms with van der Waals surface area (Å²) in [6.45, 7) is 10.6. The second-order valence-electron chi connectivity index (χ2n) is 9.21. The highest BCUT2D eigenvalue weighted by atomic mass is 16.2. The summed E-state index contributed by atoms with van der Waals surface area (Å²) in [4.78, 5) is 34.0. The van der Waals surface area contributed by atoms with Crippen molar-refractivity contribution in [3.63, 3.8) is 0 Å². The van der Waals surface area contributed by atoms with Crippen molar-refractivity contribution in [2.75, 3.05) is 11.9 Å². The smallest absolute Gasteiger partial charge is 0.315 e. The van der Waals surface area contributed by atoms with E-state index in [0.29, 0.717) is 23.3 Å². The fourth-order valence-corrected chi connectivity index (χ4v) is 4.60. The van der Waals surface area contributed by atoms with Gasteiger partial charge in [-0.3, -0.25) is 9.36 Å². The second kappa shape index (κ2) is 10.8. The van der Waals surface area contributed by atoms with Crippen molar-refractivity contribution in [2.45, 2.75) is 53.5 Å². The molecule has 0 spiro atoms. The topological polar surface area (TPSA) is 67.2 Å². The van der Waals surface area contributed by atoms with Gasteiger partial charge in [0.05, 0.1) is 22.6 Å². The Balaban J connectivity index is 1.83. The standard InChI is InChI=1S/C30H34N4O2/c1-6-19-33(30(36)32-27-20(3)11-10-12-21(27)4)22(5)28-31-26-14-9-8-13-25(26)29(35)34(28)24-17-15-23(7-2)16-18-24/h8-18,22H,6-7,19H2,1-5H3,(H,32,36). The highest BCUT2D eigenvalue weighted by molar-refractivity contribution is 5.91. The maximum atomic E-state index is 13.7. The van der Waals surface area contributed by atoms with E-state index in [1.807, 2.05) is 88.4 Å². The minimum absolute atomic E-state index is 0.140. The molecule has 186 valence electrons. The summed E-state index contributed by atoms with van der Waals surface area (Å²) in [6.07, 6.45) is 1.69. The van der Waals surface area contributed by atoms with Gasteiger partial charge in [0.25, 0.3) is 5.56 Å². The number of hydrogen-bond donors (Lipinski definition) is 1. The van der Waals surface area contributed by atoms with Crippen molar-refractivity contribution < 1.29 is 4.79 Å². The van der Waals surface area contributed by atoms with E-state index in [1.165, 1.54) is 5.56 Å². The predicted octanol–water partition coefficient (Wildman–Crippen LogP) is 6.57. The minimum Gasteiger partial charge on any atom is -0.315 e. The number of carbonyl (C=O) groups is 1. The number of nitrogens with zero attached hydrogens (tertiary/aromatic N) is 3. The van der Waals surface area contributed by atoms with Crippen LogP contribution in [0.3, 0.4) is 0 Å². The van der Waals surface area contributed by atoms with Gasteiger partial charge in [-0.1, -0.05) is 56.3 Å². The average Bonchev–Trinajstić information content (AvgIpc) is 2.89. The number of anilines is 1. The van der Waals surface area contributed by atoms with Crippen LogP contribution < -0.4 is 10.9 Å². The first kappa shape index (κ1) is 25.2. The number of hydrogen-bond acceptors (Lipinski definition) is 3. The lowest BCUT2D eigenvalue weighted by Crippen LogP contribution is -2.40. The van der Waals surface area contributed by atoms with Gasteiger partial charge in [-0.05, 0) is 74.6 Å². The first-order chi connectivity index (χ1) is 17.3. The number of rotatable bonds is 7. The number of aromatic nitrogens is 2. The Kier molecular flexibility index (Phi) is 7.53. The van der Waals surface area contributed by atoms with Crippen molar-refractivity contribution in [1.82, 2.24) is 14.5 Å². The Labute approximate surface area is 212 Å². The first-order valence-electron chi connectivity index (χ1n) is 12.6. The van der Waals surface area contributed by atoms with Gasteiger partial charge in [-0.25, -0.2) is 9.78 Å². The van der Waals surface area contributed by atoms with Crippen LogP contribution in [0.15, 0.2) is 71.5 Å². The van der Waals surface area contributed by atoms with Crippen LogP contribution in [0.4, 0.5) is 10.5 Å². The van der Waals surface area contributed by atoms with Crippen LogP contribution in [-0.2, 0) is 6.42 Å². The summed E-state index contributed by atoms with van der Waals surface area (Å²) in [7, 11) is 0. The molecule has 1 aromatic heterocycles. The number of benzene rings is 3. The normalized spacial score (nSPS) is 11.9.